The number of benzene rings is 1. The summed E-state index contributed by atoms with van der Waals surface area (Å²) in [7, 11) is 1.50. The number of ether oxygens (including phenoxy) is 1. The van der Waals surface area contributed by atoms with Crippen LogP contribution in [0.4, 0.5) is 4.39 Å². The number of rotatable bonds is 3. The summed E-state index contributed by atoms with van der Waals surface area (Å²) in [5.41, 5.74) is 0.309. The van der Waals surface area contributed by atoms with E-state index < -0.39 is 5.82 Å². The molecule has 6 heteroatoms. The lowest BCUT2D eigenvalue weighted by Crippen LogP contribution is -2.49. The van der Waals surface area contributed by atoms with Gasteiger partial charge in [-0.25, -0.2) is 4.39 Å². The molecule has 0 aromatic heterocycles. The van der Waals surface area contributed by atoms with Crippen molar-refractivity contribution in [2.24, 2.45) is 0 Å². The van der Waals surface area contributed by atoms with Gasteiger partial charge in [0, 0.05) is 45.3 Å². The van der Waals surface area contributed by atoms with Crippen LogP contribution in [0.25, 0.3) is 0 Å². The fourth-order valence-electron chi connectivity index (χ4n) is 3.29. The minimum atomic E-state index is -0.415. The Morgan fingerprint density at radius 3 is 2.82 bits per heavy atom. The van der Waals surface area contributed by atoms with Crippen LogP contribution in [-0.4, -0.2) is 68.1 Å². The summed E-state index contributed by atoms with van der Waals surface area (Å²) in [4.78, 5) is 16.9. The molecule has 0 saturated carbocycles. The Balaban J connectivity index is 1.70. The van der Waals surface area contributed by atoms with Crippen molar-refractivity contribution in [1.29, 1.82) is 0 Å². The van der Waals surface area contributed by atoms with Crippen LogP contribution >= 0.6 is 0 Å². The minimum absolute atomic E-state index is 0.144. The van der Waals surface area contributed by atoms with Gasteiger partial charge in [-0.15, -0.1) is 0 Å². The van der Waals surface area contributed by atoms with E-state index in [1.807, 2.05) is 4.90 Å². The summed E-state index contributed by atoms with van der Waals surface area (Å²) >= 11 is 0. The van der Waals surface area contributed by atoms with Crippen molar-refractivity contribution in [2.45, 2.75) is 12.5 Å². The molecule has 3 rings (SSSR count). The maximum Gasteiger partial charge on any atom is 0.257 e. The number of carbonyl (C=O) groups excluding carboxylic acids is 1. The lowest BCUT2D eigenvalue weighted by Gasteiger charge is -2.32. The van der Waals surface area contributed by atoms with Crippen LogP contribution in [0.3, 0.4) is 0 Å². The fraction of sp³-hybridized carbons (Fsp3) is 0.562. The zero-order valence-electron chi connectivity index (χ0n) is 12.8. The van der Waals surface area contributed by atoms with Gasteiger partial charge in [0.2, 0.25) is 0 Å². The molecule has 1 aromatic carbocycles. The van der Waals surface area contributed by atoms with Crippen molar-refractivity contribution in [3.8, 4) is 5.75 Å². The van der Waals surface area contributed by atoms with E-state index in [0.717, 1.165) is 32.6 Å². The number of methoxy groups -OCH3 is 1. The molecule has 2 aliphatic heterocycles. The van der Waals surface area contributed by atoms with Gasteiger partial charge in [0.15, 0.2) is 0 Å². The zero-order chi connectivity index (χ0) is 15.5. The summed E-state index contributed by atoms with van der Waals surface area (Å²) < 4.78 is 18.6. The Morgan fingerprint density at radius 1 is 1.32 bits per heavy atom. The summed E-state index contributed by atoms with van der Waals surface area (Å²) in [5, 5.41) is 3.34. The Hall–Kier alpha value is -1.66. The average Bonchev–Trinajstić information content (AvgIpc) is 3.05. The molecular weight excluding hydrogens is 285 g/mol. The van der Waals surface area contributed by atoms with Crippen molar-refractivity contribution >= 4 is 5.91 Å². The molecule has 1 atom stereocenters. The van der Waals surface area contributed by atoms with Gasteiger partial charge in [-0.1, -0.05) is 0 Å². The summed E-state index contributed by atoms with van der Waals surface area (Å²) in [6, 6.07) is 4.49. The molecule has 1 N–H and O–H groups in total. The first-order valence-corrected chi connectivity index (χ1v) is 7.76. The number of hydrogen-bond donors (Lipinski definition) is 1. The molecule has 0 radical (unpaired) electrons. The first-order valence-electron chi connectivity index (χ1n) is 7.76. The Morgan fingerprint density at radius 2 is 2.09 bits per heavy atom. The molecule has 5 nitrogen and oxygen atoms in total. The van der Waals surface area contributed by atoms with Gasteiger partial charge >= 0.3 is 0 Å². The van der Waals surface area contributed by atoms with Gasteiger partial charge in [-0.05, 0) is 24.6 Å². The van der Waals surface area contributed by atoms with E-state index >= 15 is 0 Å². The largest absolute Gasteiger partial charge is 0.496 e. The number of nitrogens with one attached hydrogen (secondary N) is 1. The van der Waals surface area contributed by atoms with E-state index in [1.165, 1.54) is 25.3 Å². The smallest absolute Gasteiger partial charge is 0.257 e. The molecule has 120 valence electrons. The second-order valence-electron chi connectivity index (χ2n) is 5.82. The number of piperazine rings is 1. The van der Waals surface area contributed by atoms with Crippen LogP contribution in [0.2, 0.25) is 0 Å². The van der Waals surface area contributed by atoms with E-state index in [4.69, 9.17) is 4.74 Å². The van der Waals surface area contributed by atoms with Crippen LogP contribution in [-0.2, 0) is 0 Å². The number of likely N-dealkylation sites (tertiary alicyclic amines) is 1. The molecule has 0 spiro atoms. The van der Waals surface area contributed by atoms with E-state index in [-0.39, 0.29) is 5.91 Å². The van der Waals surface area contributed by atoms with Crippen molar-refractivity contribution in [3.63, 3.8) is 0 Å². The van der Waals surface area contributed by atoms with E-state index in [0.29, 0.717) is 30.4 Å². The van der Waals surface area contributed by atoms with Crippen molar-refractivity contribution in [3.05, 3.63) is 29.6 Å². The molecule has 2 aliphatic rings. The Kier molecular flexibility index (Phi) is 4.59. The molecule has 1 unspecified atom stereocenters. The van der Waals surface area contributed by atoms with Crippen molar-refractivity contribution < 1.29 is 13.9 Å². The van der Waals surface area contributed by atoms with Gasteiger partial charge in [-0.3, -0.25) is 9.69 Å². The molecule has 22 heavy (non-hydrogen) atoms. The van der Waals surface area contributed by atoms with Crippen LogP contribution < -0.4 is 10.1 Å². The first kappa shape index (κ1) is 15.2. The molecule has 2 heterocycles. The molecule has 2 fully saturated rings. The van der Waals surface area contributed by atoms with Crippen LogP contribution in [0.1, 0.15) is 16.8 Å². The minimum Gasteiger partial charge on any atom is -0.496 e. The third-order valence-corrected chi connectivity index (χ3v) is 4.51. The fourth-order valence-corrected chi connectivity index (χ4v) is 3.29. The maximum atomic E-state index is 13.5. The van der Waals surface area contributed by atoms with Gasteiger partial charge in [0.1, 0.15) is 11.6 Å². The summed E-state index contributed by atoms with van der Waals surface area (Å²) in [6.45, 7) is 5.47. The molecule has 1 aromatic rings. The highest BCUT2D eigenvalue weighted by Crippen LogP contribution is 2.24. The van der Waals surface area contributed by atoms with Crippen molar-refractivity contribution in [2.75, 3.05) is 46.4 Å². The Labute approximate surface area is 130 Å². The third kappa shape index (κ3) is 3.08. The van der Waals surface area contributed by atoms with Gasteiger partial charge in [0.25, 0.3) is 5.91 Å². The molecule has 0 aliphatic carbocycles. The number of hydrogen-bond acceptors (Lipinski definition) is 4. The van der Waals surface area contributed by atoms with Gasteiger partial charge in [-0.2, -0.15) is 0 Å². The van der Waals surface area contributed by atoms with Gasteiger partial charge < -0.3 is 15.0 Å². The standard InChI is InChI=1S/C16H22FN3O2/c1-22-15-3-2-12(17)10-14(15)16(21)20-7-4-13(11-20)19-8-5-18-6-9-19/h2-3,10,13,18H,4-9,11H2,1H3. The number of nitrogens with zero attached hydrogens (tertiary/aromatic N) is 2. The van der Waals surface area contributed by atoms with Crippen LogP contribution in [0, 0.1) is 5.82 Å². The van der Waals surface area contributed by atoms with Gasteiger partial charge in [0.05, 0.1) is 12.7 Å². The highest BCUT2D eigenvalue weighted by molar-refractivity contribution is 5.97. The number of halogens is 1. The third-order valence-electron chi connectivity index (χ3n) is 4.51. The lowest BCUT2D eigenvalue weighted by atomic mass is 10.1. The predicted octanol–water partition coefficient (Wildman–Crippen LogP) is 0.954. The zero-order valence-corrected chi connectivity index (χ0v) is 12.8. The Bertz CT molecular complexity index is 546. The van der Waals surface area contributed by atoms with E-state index in [9.17, 15) is 9.18 Å². The van der Waals surface area contributed by atoms with Crippen LogP contribution in [0.5, 0.6) is 5.75 Å². The quantitative estimate of drug-likeness (QED) is 0.903. The maximum absolute atomic E-state index is 13.5. The summed E-state index contributed by atoms with van der Waals surface area (Å²) in [5.74, 6) is -0.131. The second-order valence-corrected chi connectivity index (χ2v) is 5.82. The SMILES string of the molecule is COc1ccc(F)cc1C(=O)N1CCC(N2CCNCC2)C1. The highest BCUT2D eigenvalue weighted by atomic mass is 19.1. The molecule has 2 saturated heterocycles. The first-order chi connectivity index (χ1) is 10.7. The van der Waals surface area contributed by atoms with Crippen molar-refractivity contribution in [1.82, 2.24) is 15.1 Å². The second kappa shape index (κ2) is 6.62. The topological polar surface area (TPSA) is 44.8 Å². The average molecular weight is 307 g/mol. The van der Waals surface area contributed by atoms with E-state index in [2.05, 4.69) is 10.2 Å². The van der Waals surface area contributed by atoms with Crippen LogP contribution in [0.15, 0.2) is 18.2 Å². The molecule has 0 bridgehead atoms. The number of amides is 1. The number of carbonyl (C=O) groups is 1. The monoisotopic (exact) mass is 307 g/mol. The summed E-state index contributed by atoms with van der Waals surface area (Å²) in [6.07, 6.45) is 0.976. The highest BCUT2D eigenvalue weighted by Gasteiger charge is 2.32. The van der Waals surface area contributed by atoms with E-state index in [1.54, 1.807) is 0 Å². The normalized spacial score (nSPS) is 22.8. The predicted molar refractivity (Wildman–Crippen MR) is 81.7 cm³/mol. The molecular formula is C16H22FN3O2. The molecule has 1 amide bonds. The lowest BCUT2D eigenvalue weighted by molar-refractivity contribution is 0.0769.